The highest BCUT2D eigenvalue weighted by Gasteiger charge is 2.72. The van der Waals surface area contributed by atoms with Gasteiger partial charge in [-0.2, -0.15) is 0 Å². The summed E-state index contributed by atoms with van der Waals surface area (Å²) in [6.07, 6.45) is -1.34. The summed E-state index contributed by atoms with van der Waals surface area (Å²) in [5.41, 5.74) is -1.61. The Morgan fingerprint density at radius 3 is 2.25 bits per heavy atom. The van der Waals surface area contributed by atoms with Gasteiger partial charge in [-0.15, -0.1) is 0 Å². The Hall–Kier alpha value is -0.750. The Bertz CT molecular complexity index is 756. The first-order valence-electron chi connectivity index (χ1n) is 10.7. The lowest BCUT2D eigenvalue weighted by Gasteiger charge is -2.68. The average Bonchev–Trinajstić information content (AvgIpc) is 2.60. The second-order valence-corrected chi connectivity index (χ2v) is 11.1. The van der Waals surface area contributed by atoms with Gasteiger partial charge in [-0.3, -0.25) is 4.79 Å². The summed E-state index contributed by atoms with van der Waals surface area (Å²) < 4.78 is 5.79. The Kier molecular flexibility index (Phi) is 4.17. The molecule has 0 spiro atoms. The summed E-state index contributed by atoms with van der Waals surface area (Å²) in [7, 11) is 0. The lowest BCUT2D eigenvalue weighted by molar-refractivity contribution is -0.301. The zero-order valence-electron chi connectivity index (χ0n) is 18.2. The minimum atomic E-state index is -1.31. The Labute approximate surface area is 168 Å². The van der Waals surface area contributed by atoms with Crippen molar-refractivity contribution in [1.82, 2.24) is 0 Å². The van der Waals surface area contributed by atoms with Crippen LogP contribution in [0, 0.1) is 34.0 Å². The molecule has 3 aliphatic carbocycles. The van der Waals surface area contributed by atoms with E-state index in [1.165, 1.54) is 0 Å². The highest BCUT2D eigenvalue weighted by Crippen LogP contribution is 2.67. The zero-order chi connectivity index (χ0) is 21.0. The van der Waals surface area contributed by atoms with E-state index in [2.05, 4.69) is 13.8 Å². The SMILES string of the molecule is CC1=C2[C@@H](O)C(=O)[C@@]3(C)[C@H]([C@H](C)[C@](O)(C[C@@H]1C)C2(C)C)[C@]1(C)CO[C@@H]1C[C@@H]3O. The fourth-order valence-corrected chi connectivity index (χ4v) is 7.72. The third-order valence-electron chi connectivity index (χ3n) is 9.66. The van der Waals surface area contributed by atoms with Crippen molar-refractivity contribution in [1.29, 1.82) is 0 Å². The number of hydrogen-bond donors (Lipinski definition) is 3. The molecule has 158 valence electrons. The van der Waals surface area contributed by atoms with Crippen LogP contribution in [0.2, 0.25) is 0 Å². The van der Waals surface area contributed by atoms with Crippen LogP contribution in [0.15, 0.2) is 11.1 Å². The van der Waals surface area contributed by atoms with Crippen LogP contribution in [0.25, 0.3) is 0 Å². The van der Waals surface area contributed by atoms with Gasteiger partial charge in [0.25, 0.3) is 0 Å². The highest BCUT2D eigenvalue weighted by molar-refractivity contribution is 5.93. The van der Waals surface area contributed by atoms with Crippen molar-refractivity contribution >= 4 is 5.78 Å². The van der Waals surface area contributed by atoms with Crippen LogP contribution in [-0.4, -0.2) is 51.6 Å². The molecule has 5 nitrogen and oxygen atoms in total. The topological polar surface area (TPSA) is 87.0 Å². The summed E-state index contributed by atoms with van der Waals surface area (Å²) >= 11 is 0. The van der Waals surface area contributed by atoms with Crippen molar-refractivity contribution in [2.24, 2.45) is 34.0 Å². The van der Waals surface area contributed by atoms with E-state index in [0.717, 1.165) is 5.57 Å². The number of ether oxygens (including phenoxy) is 1. The van der Waals surface area contributed by atoms with Gasteiger partial charge in [0.05, 0.1) is 29.8 Å². The average molecular weight is 393 g/mol. The number of carbonyl (C=O) groups excluding carboxylic acids is 1. The lowest BCUT2D eigenvalue weighted by Crippen LogP contribution is -2.74. The van der Waals surface area contributed by atoms with E-state index >= 15 is 0 Å². The van der Waals surface area contributed by atoms with E-state index in [-0.39, 0.29) is 35.1 Å². The molecule has 5 heteroatoms. The minimum absolute atomic E-state index is 0.0806. The van der Waals surface area contributed by atoms with E-state index in [0.29, 0.717) is 25.0 Å². The van der Waals surface area contributed by atoms with Crippen LogP contribution in [0.1, 0.15) is 61.3 Å². The molecule has 3 N–H and O–H groups in total. The molecule has 4 rings (SSSR count). The van der Waals surface area contributed by atoms with Crippen molar-refractivity contribution in [3.05, 3.63) is 11.1 Å². The van der Waals surface area contributed by atoms with Gasteiger partial charge in [-0.1, -0.05) is 40.2 Å². The molecule has 9 atom stereocenters. The van der Waals surface area contributed by atoms with Crippen molar-refractivity contribution in [2.75, 3.05) is 6.61 Å². The first-order valence-corrected chi connectivity index (χ1v) is 10.7. The molecule has 0 aromatic heterocycles. The van der Waals surface area contributed by atoms with Crippen LogP contribution < -0.4 is 0 Å². The fourth-order valence-electron chi connectivity index (χ4n) is 7.72. The molecule has 2 saturated carbocycles. The predicted molar refractivity (Wildman–Crippen MR) is 105 cm³/mol. The largest absolute Gasteiger partial charge is 0.392 e. The zero-order valence-corrected chi connectivity index (χ0v) is 18.2. The molecule has 0 amide bonds. The summed E-state index contributed by atoms with van der Waals surface area (Å²) in [5.74, 6) is -0.735. The van der Waals surface area contributed by atoms with Crippen LogP contribution in [0.4, 0.5) is 0 Å². The first-order chi connectivity index (χ1) is 12.7. The predicted octanol–water partition coefficient (Wildman–Crippen LogP) is 2.47. The number of rotatable bonds is 0. The molecule has 28 heavy (non-hydrogen) atoms. The van der Waals surface area contributed by atoms with E-state index in [1.807, 2.05) is 27.7 Å². The molecular formula is C23H36O5. The van der Waals surface area contributed by atoms with Crippen LogP contribution in [-0.2, 0) is 9.53 Å². The van der Waals surface area contributed by atoms with Gasteiger partial charge >= 0.3 is 0 Å². The van der Waals surface area contributed by atoms with Crippen molar-refractivity contribution in [3.8, 4) is 0 Å². The third-order valence-corrected chi connectivity index (χ3v) is 9.66. The fraction of sp³-hybridized carbons (Fsp3) is 0.870. The van der Waals surface area contributed by atoms with Gasteiger partial charge in [0.2, 0.25) is 0 Å². The minimum Gasteiger partial charge on any atom is -0.392 e. The first kappa shape index (κ1) is 20.5. The highest BCUT2D eigenvalue weighted by atomic mass is 16.5. The van der Waals surface area contributed by atoms with Gasteiger partial charge in [0, 0.05) is 17.3 Å². The van der Waals surface area contributed by atoms with Gasteiger partial charge < -0.3 is 20.1 Å². The molecular weight excluding hydrogens is 356 g/mol. The van der Waals surface area contributed by atoms with E-state index in [1.54, 1.807) is 6.92 Å². The van der Waals surface area contributed by atoms with Crippen molar-refractivity contribution in [2.45, 2.75) is 85.2 Å². The van der Waals surface area contributed by atoms with Crippen LogP contribution >= 0.6 is 0 Å². The van der Waals surface area contributed by atoms with E-state index < -0.39 is 28.6 Å². The molecule has 1 saturated heterocycles. The molecule has 4 aliphatic rings. The van der Waals surface area contributed by atoms with Crippen molar-refractivity contribution in [3.63, 3.8) is 0 Å². The molecule has 0 aromatic rings. The molecule has 0 radical (unpaired) electrons. The number of fused-ring (bicyclic) bond motifs is 5. The number of aliphatic hydroxyl groups excluding tert-OH is 2. The Morgan fingerprint density at radius 2 is 1.71 bits per heavy atom. The van der Waals surface area contributed by atoms with Gasteiger partial charge in [-0.25, -0.2) is 0 Å². The number of aliphatic hydroxyl groups is 3. The van der Waals surface area contributed by atoms with Gasteiger partial charge in [0.1, 0.15) is 6.10 Å². The smallest absolute Gasteiger partial charge is 0.174 e. The second kappa shape index (κ2) is 5.69. The van der Waals surface area contributed by atoms with Gasteiger partial charge in [-0.05, 0) is 43.6 Å². The van der Waals surface area contributed by atoms with Crippen molar-refractivity contribution < 1.29 is 24.9 Å². The summed E-state index contributed by atoms with van der Waals surface area (Å²) in [4.78, 5) is 13.8. The standard InChI is InChI=1S/C23H36O5/c1-11-9-23(27)13(3)18-21(6)10-28-15(21)8-14(24)22(18,7)19(26)17(25)16(12(11)2)20(23,4)5/h11,13-15,17-18,24-25,27H,8-10H2,1-7H3/t11-,13-,14-,15+,17+,18+,21+,22+,23+/m0/s1. The normalized spacial score (nSPS) is 55.6. The van der Waals surface area contributed by atoms with Gasteiger partial charge in [0.15, 0.2) is 5.78 Å². The molecule has 2 bridgehead atoms. The number of ketones is 1. The molecule has 3 fully saturated rings. The summed E-state index contributed by atoms with van der Waals surface area (Å²) in [6.45, 7) is 14.4. The number of carbonyl (C=O) groups is 1. The maximum atomic E-state index is 13.8. The van der Waals surface area contributed by atoms with E-state index in [4.69, 9.17) is 4.74 Å². The molecule has 0 aromatic carbocycles. The Balaban J connectivity index is 2.01. The quantitative estimate of drug-likeness (QED) is 0.551. The third kappa shape index (κ3) is 2.04. The molecule has 1 heterocycles. The number of Topliss-reactive ketones (excluding diaryl/α,β-unsaturated/α-hetero) is 1. The maximum Gasteiger partial charge on any atom is 0.174 e. The molecule has 0 unspecified atom stereocenters. The lowest BCUT2D eigenvalue weighted by atomic mass is 9.40. The van der Waals surface area contributed by atoms with Crippen LogP contribution in [0.3, 0.4) is 0 Å². The summed E-state index contributed by atoms with van der Waals surface area (Å²) in [6, 6.07) is 0. The second-order valence-electron chi connectivity index (χ2n) is 11.1. The number of hydrogen-bond acceptors (Lipinski definition) is 5. The number of allylic oxidation sites excluding steroid dienone is 1. The Morgan fingerprint density at radius 1 is 1.11 bits per heavy atom. The van der Waals surface area contributed by atoms with Crippen LogP contribution in [0.5, 0.6) is 0 Å². The monoisotopic (exact) mass is 392 g/mol. The van der Waals surface area contributed by atoms with E-state index in [9.17, 15) is 20.1 Å². The maximum absolute atomic E-state index is 13.8. The molecule has 1 aliphatic heterocycles. The summed E-state index contributed by atoms with van der Waals surface area (Å²) in [5, 5.41) is 34.6.